The first-order valence-corrected chi connectivity index (χ1v) is 10.2. The molecule has 154 valence electrons. The summed E-state index contributed by atoms with van der Waals surface area (Å²) in [6, 6.07) is 4.12. The van der Waals surface area contributed by atoms with E-state index in [2.05, 4.69) is 0 Å². The highest BCUT2D eigenvalue weighted by atomic mass is 32.2. The number of benzene rings is 1. The second-order valence-corrected chi connectivity index (χ2v) is 9.62. The fourth-order valence-electron chi connectivity index (χ4n) is 2.74. The molecule has 10 heteroatoms. The third kappa shape index (κ3) is 4.17. The molecule has 0 unspecified atom stereocenters. The minimum atomic E-state index is -3.77. The number of rotatable bonds is 5. The predicted octanol–water partition coefficient (Wildman–Crippen LogP) is 0.775. The van der Waals surface area contributed by atoms with Crippen LogP contribution in [0.15, 0.2) is 32.7 Å². The lowest BCUT2D eigenvalue weighted by molar-refractivity contribution is -0.155. The summed E-state index contributed by atoms with van der Waals surface area (Å²) < 4.78 is 33.5. The molecule has 0 atom stereocenters. The molecule has 0 saturated heterocycles. The zero-order valence-corrected chi connectivity index (χ0v) is 17.7. The molecule has 0 N–H and O–H groups in total. The minimum absolute atomic E-state index is 0.0522. The van der Waals surface area contributed by atoms with Crippen molar-refractivity contribution in [3.05, 3.63) is 38.9 Å². The number of carbonyl (C=O) groups excluding carboxylic acids is 1. The van der Waals surface area contributed by atoms with Crippen molar-refractivity contribution in [1.82, 2.24) is 13.4 Å². The van der Waals surface area contributed by atoms with E-state index in [9.17, 15) is 22.8 Å². The molecule has 0 radical (unpaired) electrons. The van der Waals surface area contributed by atoms with Gasteiger partial charge in [-0.15, -0.1) is 0 Å². The van der Waals surface area contributed by atoms with Crippen LogP contribution in [0.2, 0.25) is 0 Å². The topological polar surface area (TPSA) is 108 Å². The Kier molecular flexibility index (Phi) is 5.86. The molecule has 0 aliphatic rings. The van der Waals surface area contributed by atoms with Gasteiger partial charge in [0.15, 0.2) is 0 Å². The van der Waals surface area contributed by atoms with Crippen LogP contribution in [-0.2, 0) is 32.6 Å². The zero-order valence-electron chi connectivity index (χ0n) is 16.8. The molecule has 1 heterocycles. The van der Waals surface area contributed by atoms with Gasteiger partial charge in [-0.3, -0.25) is 19.0 Å². The van der Waals surface area contributed by atoms with Crippen molar-refractivity contribution in [3.63, 3.8) is 0 Å². The van der Waals surface area contributed by atoms with Gasteiger partial charge in [-0.1, -0.05) is 0 Å². The van der Waals surface area contributed by atoms with Crippen LogP contribution in [0.25, 0.3) is 11.0 Å². The highest BCUT2D eigenvalue weighted by Gasteiger charge is 2.23. The Morgan fingerprint density at radius 1 is 1.07 bits per heavy atom. The first kappa shape index (κ1) is 21.8. The molecule has 9 nitrogen and oxygen atoms in total. The number of hydrogen-bond acceptors (Lipinski definition) is 6. The number of hydrogen-bond donors (Lipinski definition) is 0. The Morgan fingerprint density at radius 3 is 2.14 bits per heavy atom. The smallest absolute Gasteiger partial charge is 0.326 e. The highest BCUT2D eigenvalue weighted by molar-refractivity contribution is 7.89. The Morgan fingerprint density at radius 2 is 1.64 bits per heavy atom. The van der Waals surface area contributed by atoms with E-state index >= 15 is 0 Å². The van der Waals surface area contributed by atoms with Gasteiger partial charge >= 0.3 is 17.1 Å². The van der Waals surface area contributed by atoms with Crippen LogP contribution in [0.1, 0.15) is 27.7 Å². The zero-order chi connectivity index (χ0) is 21.4. The van der Waals surface area contributed by atoms with Crippen molar-refractivity contribution in [3.8, 4) is 0 Å². The Labute approximate surface area is 163 Å². The summed E-state index contributed by atoms with van der Waals surface area (Å²) in [5, 5.41) is 0. The molecule has 0 amide bonds. The van der Waals surface area contributed by atoms with Gasteiger partial charge in [-0.05, 0) is 45.9 Å². The van der Waals surface area contributed by atoms with Gasteiger partial charge in [0.25, 0.3) is 0 Å². The van der Waals surface area contributed by atoms with Crippen LogP contribution >= 0.6 is 0 Å². The lowest BCUT2D eigenvalue weighted by atomic mass is 10.2. The number of sulfonamides is 1. The van der Waals surface area contributed by atoms with Crippen LogP contribution in [-0.4, -0.2) is 47.5 Å². The summed E-state index contributed by atoms with van der Waals surface area (Å²) in [5.41, 5.74) is -1.95. The van der Waals surface area contributed by atoms with Crippen LogP contribution < -0.4 is 11.1 Å². The van der Waals surface area contributed by atoms with E-state index in [1.54, 1.807) is 27.7 Å². The summed E-state index contributed by atoms with van der Waals surface area (Å²) in [4.78, 5) is 37.3. The maximum Gasteiger partial charge on any atom is 0.326 e. The van der Waals surface area contributed by atoms with Crippen molar-refractivity contribution in [2.75, 3.05) is 14.1 Å². The minimum Gasteiger partial charge on any atom is -0.459 e. The molecule has 0 aliphatic carbocycles. The average molecular weight is 411 g/mol. The van der Waals surface area contributed by atoms with Crippen molar-refractivity contribution in [2.24, 2.45) is 0 Å². The van der Waals surface area contributed by atoms with Gasteiger partial charge < -0.3 is 9.30 Å². The summed E-state index contributed by atoms with van der Waals surface area (Å²) in [6.45, 7) is 6.46. The fourth-order valence-corrected chi connectivity index (χ4v) is 3.66. The molecule has 1 aromatic carbocycles. The molecule has 0 bridgehead atoms. The van der Waals surface area contributed by atoms with Gasteiger partial charge in [0.05, 0.1) is 15.9 Å². The monoisotopic (exact) mass is 411 g/mol. The summed E-state index contributed by atoms with van der Waals surface area (Å²) in [7, 11) is -0.992. The Bertz CT molecular complexity index is 1140. The number of ether oxygens (including phenoxy) is 1. The summed E-state index contributed by atoms with van der Waals surface area (Å²) in [5.74, 6) is -0.703. The van der Waals surface area contributed by atoms with E-state index in [1.165, 1.54) is 36.9 Å². The van der Waals surface area contributed by atoms with Gasteiger partial charge in [0, 0.05) is 20.6 Å². The molecule has 2 aromatic rings. The maximum absolute atomic E-state index is 12.6. The molecular formula is C18H25N3O6S. The van der Waals surface area contributed by atoms with E-state index in [0.717, 1.165) is 8.87 Å². The fraction of sp³-hybridized carbons (Fsp3) is 0.500. The first-order chi connectivity index (χ1) is 12.8. The quantitative estimate of drug-likeness (QED) is 0.531. The van der Waals surface area contributed by atoms with Crippen LogP contribution in [0.4, 0.5) is 0 Å². The lowest BCUT2D eigenvalue weighted by Crippen LogP contribution is -2.43. The largest absolute Gasteiger partial charge is 0.459 e. The Hall–Kier alpha value is -2.46. The SMILES string of the molecule is CCn1c(=O)c(=O)n(CC(=O)OC(C)(C)C)c2cc(S(=O)(=O)N(C)C)ccc21. The third-order valence-corrected chi connectivity index (χ3v) is 5.81. The molecule has 1 aromatic heterocycles. The first-order valence-electron chi connectivity index (χ1n) is 8.71. The van der Waals surface area contributed by atoms with Crippen LogP contribution in [0, 0.1) is 0 Å². The number of aromatic nitrogens is 2. The predicted molar refractivity (Wildman–Crippen MR) is 105 cm³/mol. The summed E-state index contributed by atoms with van der Waals surface area (Å²) in [6.07, 6.45) is 0. The van der Waals surface area contributed by atoms with Crippen LogP contribution in [0.5, 0.6) is 0 Å². The second kappa shape index (κ2) is 7.51. The van der Waals surface area contributed by atoms with Gasteiger partial charge in [0.1, 0.15) is 12.1 Å². The molecule has 0 aliphatic heterocycles. The number of esters is 1. The van der Waals surface area contributed by atoms with Gasteiger partial charge in [-0.25, -0.2) is 12.7 Å². The van der Waals surface area contributed by atoms with Crippen LogP contribution in [0.3, 0.4) is 0 Å². The number of fused-ring (bicyclic) bond motifs is 1. The normalized spacial score (nSPS) is 12.5. The van der Waals surface area contributed by atoms with E-state index in [0.29, 0.717) is 5.52 Å². The van der Waals surface area contributed by atoms with E-state index < -0.39 is 39.3 Å². The van der Waals surface area contributed by atoms with Crippen molar-refractivity contribution in [2.45, 2.75) is 51.3 Å². The second-order valence-electron chi connectivity index (χ2n) is 7.47. The molecule has 28 heavy (non-hydrogen) atoms. The number of aryl methyl sites for hydroxylation is 1. The molecular weight excluding hydrogens is 386 g/mol. The van der Waals surface area contributed by atoms with E-state index in [1.807, 2.05) is 0 Å². The average Bonchev–Trinajstić information content (AvgIpc) is 2.57. The lowest BCUT2D eigenvalue weighted by Gasteiger charge is -2.21. The van der Waals surface area contributed by atoms with Crippen molar-refractivity contribution >= 4 is 27.0 Å². The number of nitrogens with zero attached hydrogens (tertiary/aromatic N) is 3. The van der Waals surface area contributed by atoms with Gasteiger partial charge in [-0.2, -0.15) is 0 Å². The van der Waals surface area contributed by atoms with E-state index in [4.69, 9.17) is 4.74 Å². The molecule has 0 saturated carbocycles. The third-order valence-electron chi connectivity index (χ3n) is 4.00. The Balaban J connectivity index is 2.80. The molecule has 0 fully saturated rings. The maximum atomic E-state index is 12.6. The van der Waals surface area contributed by atoms with Crippen molar-refractivity contribution < 1.29 is 17.9 Å². The number of carbonyl (C=O) groups is 1. The highest BCUT2D eigenvalue weighted by Crippen LogP contribution is 2.20. The van der Waals surface area contributed by atoms with E-state index in [-0.39, 0.29) is 17.0 Å². The standard InChI is InChI=1S/C18H25N3O6S/c1-7-20-13-9-8-12(28(25,26)19(5)6)10-14(13)21(17(24)16(20)23)11-15(22)27-18(2,3)4/h8-10H,7,11H2,1-6H3. The molecule has 2 rings (SSSR count). The summed E-state index contributed by atoms with van der Waals surface area (Å²) >= 11 is 0. The van der Waals surface area contributed by atoms with Crippen molar-refractivity contribution in [1.29, 1.82) is 0 Å². The molecule has 0 spiro atoms. The van der Waals surface area contributed by atoms with Gasteiger partial charge in [0.2, 0.25) is 10.0 Å².